The average Bonchev–Trinajstić information content (AvgIpc) is 2.58. The Bertz CT molecular complexity index is 538. The zero-order valence-electron chi connectivity index (χ0n) is 13.2. The molecule has 23 heavy (non-hydrogen) atoms. The number of hydrogen-bond acceptors (Lipinski definition) is 4. The Morgan fingerprint density at radius 1 is 1.39 bits per heavy atom. The van der Waals surface area contributed by atoms with Gasteiger partial charge in [-0.25, -0.2) is 4.99 Å². The molecule has 6 nitrogen and oxygen atoms in total. The van der Waals surface area contributed by atoms with E-state index in [4.69, 9.17) is 15.7 Å². The van der Waals surface area contributed by atoms with Gasteiger partial charge < -0.3 is 15.8 Å². The van der Waals surface area contributed by atoms with Gasteiger partial charge in [0.25, 0.3) is 0 Å². The highest BCUT2D eigenvalue weighted by atomic mass is 127. The average molecular weight is 429 g/mol. The normalized spacial score (nSPS) is 15.5. The molecule has 126 valence electrons. The second-order valence-corrected chi connectivity index (χ2v) is 5.25. The zero-order chi connectivity index (χ0) is 15.6. The predicted molar refractivity (Wildman–Crippen MR) is 102 cm³/mol. The van der Waals surface area contributed by atoms with Gasteiger partial charge in [-0.1, -0.05) is 12.1 Å². The van der Waals surface area contributed by atoms with Crippen LogP contribution in [-0.4, -0.2) is 50.3 Å². The number of guanidine groups is 1. The lowest BCUT2D eigenvalue weighted by atomic mass is 10.1. The third kappa shape index (κ3) is 7.63. The van der Waals surface area contributed by atoms with Crippen LogP contribution in [0.3, 0.4) is 0 Å². The van der Waals surface area contributed by atoms with E-state index in [1.165, 1.54) is 0 Å². The maximum Gasteiger partial charge on any atom is 0.188 e. The Balaban J connectivity index is 0.00000264. The van der Waals surface area contributed by atoms with Gasteiger partial charge in [0.05, 0.1) is 31.4 Å². The van der Waals surface area contributed by atoms with E-state index in [0.29, 0.717) is 18.1 Å². The first-order valence-corrected chi connectivity index (χ1v) is 7.61. The molecule has 1 aliphatic rings. The number of hydrogen-bond donors (Lipinski definition) is 2. The van der Waals surface area contributed by atoms with Crippen molar-refractivity contribution >= 4 is 29.9 Å². The van der Waals surface area contributed by atoms with Gasteiger partial charge in [-0.2, -0.15) is 5.26 Å². The molecule has 1 aliphatic heterocycles. The third-order valence-electron chi connectivity index (χ3n) is 3.55. The summed E-state index contributed by atoms with van der Waals surface area (Å²) < 4.78 is 5.32. The third-order valence-corrected chi connectivity index (χ3v) is 3.55. The van der Waals surface area contributed by atoms with Gasteiger partial charge in [0.15, 0.2) is 5.96 Å². The van der Waals surface area contributed by atoms with Crippen molar-refractivity contribution in [3.05, 3.63) is 35.4 Å². The Labute approximate surface area is 154 Å². The molecular formula is C16H24IN5O. The summed E-state index contributed by atoms with van der Waals surface area (Å²) in [5.74, 6) is 0.448. The molecule has 0 saturated carbocycles. The summed E-state index contributed by atoms with van der Waals surface area (Å²) >= 11 is 0. The molecule has 0 aliphatic carbocycles. The first-order valence-electron chi connectivity index (χ1n) is 7.61. The summed E-state index contributed by atoms with van der Waals surface area (Å²) in [6.45, 7) is 6.03. The van der Waals surface area contributed by atoms with Crippen molar-refractivity contribution in [2.24, 2.45) is 10.7 Å². The monoisotopic (exact) mass is 429 g/mol. The van der Waals surface area contributed by atoms with Gasteiger partial charge in [0.2, 0.25) is 0 Å². The lowest BCUT2D eigenvalue weighted by Gasteiger charge is -2.26. The Kier molecular flexibility index (Phi) is 9.59. The molecule has 1 saturated heterocycles. The minimum Gasteiger partial charge on any atom is -0.379 e. The van der Waals surface area contributed by atoms with Crippen LogP contribution in [0, 0.1) is 11.3 Å². The van der Waals surface area contributed by atoms with E-state index < -0.39 is 0 Å². The highest BCUT2D eigenvalue weighted by molar-refractivity contribution is 14.0. The fraction of sp³-hybridized carbons (Fsp3) is 0.500. The van der Waals surface area contributed by atoms with Crippen molar-refractivity contribution < 1.29 is 4.74 Å². The molecule has 3 N–H and O–H groups in total. The summed E-state index contributed by atoms with van der Waals surface area (Å²) in [6, 6.07) is 9.52. The maximum atomic E-state index is 8.86. The number of nitrogens with one attached hydrogen (secondary N) is 1. The van der Waals surface area contributed by atoms with Gasteiger partial charge in [0, 0.05) is 19.6 Å². The molecular weight excluding hydrogens is 405 g/mol. The number of rotatable bonds is 6. The second kappa shape index (κ2) is 11.2. The molecule has 0 aromatic heterocycles. The molecule has 1 heterocycles. The largest absolute Gasteiger partial charge is 0.379 e. The van der Waals surface area contributed by atoms with Crippen LogP contribution in [0.15, 0.2) is 29.3 Å². The number of nitrogens with two attached hydrogens (primary N) is 1. The van der Waals surface area contributed by atoms with Crippen LogP contribution in [-0.2, 0) is 11.3 Å². The number of nitriles is 1. The van der Waals surface area contributed by atoms with Crippen LogP contribution in [0.25, 0.3) is 0 Å². The van der Waals surface area contributed by atoms with Crippen molar-refractivity contribution in [3.8, 4) is 6.07 Å². The summed E-state index contributed by atoms with van der Waals surface area (Å²) in [5, 5.41) is 12.0. The fourth-order valence-corrected chi connectivity index (χ4v) is 2.32. The van der Waals surface area contributed by atoms with Crippen molar-refractivity contribution in [1.29, 1.82) is 5.26 Å². The minimum absolute atomic E-state index is 0. The van der Waals surface area contributed by atoms with Crippen LogP contribution in [0.1, 0.15) is 17.5 Å². The van der Waals surface area contributed by atoms with Crippen molar-refractivity contribution in [3.63, 3.8) is 0 Å². The molecule has 1 aromatic rings. The van der Waals surface area contributed by atoms with E-state index in [0.717, 1.165) is 51.4 Å². The molecule has 1 aromatic carbocycles. The second-order valence-electron chi connectivity index (χ2n) is 5.25. The molecule has 0 radical (unpaired) electrons. The molecule has 7 heteroatoms. The van der Waals surface area contributed by atoms with Crippen LogP contribution in [0.2, 0.25) is 0 Å². The van der Waals surface area contributed by atoms with Gasteiger partial charge in [-0.15, -0.1) is 24.0 Å². The minimum atomic E-state index is 0. The molecule has 1 fully saturated rings. The fourth-order valence-electron chi connectivity index (χ4n) is 2.32. The standard InChI is InChI=1S/C16H23N5O.HI/c17-12-14-3-1-4-15(11-14)13-20-16(18)19-5-2-6-21-7-9-22-10-8-21;/h1,3-4,11H,2,5-10,13H2,(H3,18,19,20);1H. The van der Waals surface area contributed by atoms with Crippen LogP contribution >= 0.6 is 24.0 Å². The summed E-state index contributed by atoms with van der Waals surface area (Å²) in [6.07, 6.45) is 1.03. The Morgan fingerprint density at radius 2 is 2.17 bits per heavy atom. The molecule has 0 atom stereocenters. The van der Waals surface area contributed by atoms with Crippen molar-refractivity contribution in [2.75, 3.05) is 39.4 Å². The Hall–Kier alpha value is -1.37. The quantitative estimate of drug-likeness (QED) is 0.308. The van der Waals surface area contributed by atoms with E-state index in [1.807, 2.05) is 18.2 Å². The molecule has 0 unspecified atom stereocenters. The number of aliphatic imine (C=N–C) groups is 1. The van der Waals surface area contributed by atoms with E-state index in [1.54, 1.807) is 6.07 Å². The summed E-state index contributed by atoms with van der Waals surface area (Å²) in [5.41, 5.74) is 7.48. The smallest absolute Gasteiger partial charge is 0.188 e. The summed E-state index contributed by atoms with van der Waals surface area (Å²) in [4.78, 5) is 6.69. The number of nitrogens with zero attached hydrogens (tertiary/aromatic N) is 3. The van der Waals surface area contributed by atoms with Crippen molar-refractivity contribution in [2.45, 2.75) is 13.0 Å². The first-order chi connectivity index (χ1) is 10.8. The lowest BCUT2D eigenvalue weighted by Crippen LogP contribution is -2.39. The van der Waals surface area contributed by atoms with Crippen LogP contribution in [0.5, 0.6) is 0 Å². The van der Waals surface area contributed by atoms with E-state index in [9.17, 15) is 0 Å². The topological polar surface area (TPSA) is 86.7 Å². The Morgan fingerprint density at radius 3 is 2.91 bits per heavy atom. The molecule has 2 rings (SSSR count). The maximum absolute atomic E-state index is 8.86. The highest BCUT2D eigenvalue weighted by Gasteiger charge is 2.08. The predicted octanol–water partition coefficient (Wildman–Crippen LogP) is 1.30. The number of benzene rings is 1. The number of halogens is 1. The summed E-state index contributed by atoms with van der Waals surface area (Å²) in [7, 11) is 0. The van der Waals surface area contributed by atoms with E-state index in [-0.39, 0.29) is 24.0 Å². The lowest BCUT2D eigenvalue weighted by molar-refractivity contribution is 0.0376. The van der Waals surface area contributed by atoms with Gasteiger partial charge in [-0.05, 0) is 30.7 Å². The molecule has 0 amide bonds. The number of morpholine rings is 1. The van der Waals surface area contributed by atoms with E-state index >= 15 is 0 Å². The molecule has 0 bridgehead atoms. The first kappa shape index (κ1) is 19.7. The highest BCUT2D eigenvalue weighted by Crippen LogP contribution is 2.05. The number of ether oxygens (including phenoxy) is 1. The SMILES string of the molecule is I.N#Cc1cccc(CN=C(N)NCCCN2CCOCC2)c1. The van der Waals surface area contributed by atoms with Crippen LogP contribution < -0.4 is 11.1 Å². The van der Waals surface area contributed by atoms with Gasteiger partial charge >= 0.3 is 0 Å². The van der Waals surface area contributed by atoms with Crippen molar-refractivity contribution in [1.82, 2.24) is 10.2 Å². The van der Waals surface area contributed by atoms with Gasteiger partial charge in [0.1, 0.15) is 0 Å². The van der Waals surface area contributed by atoms with E-state index in [2.05, 4.69) is 21.3 Å². The van der Waals surface area contributed by atoms with Crippen LogP contribution in [0.4, 0.5) is 0 Å². The molecule has 0 spiro atoms. The van der Waals surface area contributed by atoms with Gasteiger partial charge in [-0.3, -0.25) is 4.90 Å². The zero-order valence-corrected chi connectivity index (χ0v) is 15.5.